The zero-order valence-electron chi connectivity index (χ0n) is 16.7. The fourth-order valence-corrected chi connectivity index (χ4v) is 3.15. The van der Waals surface area contributed by atoms with Gasteiger partial charge in [0.15, 0.2) is 11.6 Å². The maximum atomic E-state index is 12.5. The Kier molecular flexibility index (Phi) is 5.54. The van der Waals surface area contributed by atoms with Crippen LogP contribution in [-0.2, 0) is 9.59 Å². The van der Waals surface area contributed by atoms with Gasteiger partial charge >= 0.3 is 6.01 Å². The van der Waals surface area contributed by atoms with Gasteiger partial charge in [-0.2, -0.15) is 9.97 Å². The maximum Gasteiger partial charge on any atom is 0.328 e. The van der Waals surface area contributed by atoms with Crippen molar-refractivity contribution in [3.63, 3.8) is 0 Å². The van der Waals surface area contributed by atoms with Gasteiger partial charge in [-0.1, -0.05) is 26.0 Å². The van der Waals surface area contributed by atoms with Crippen LogP contribution in [0.25, 0.3) is 5.76 Å². The Morgan fingerprint density at radius 3 is 2.10 bits per heavy atom. The van der Waals surface area contributed by atoms with Crippen LogP contribution >= 0.6 is 0 Å². The van der Waals surface area contributed by atoms with E-state index in [1.54, 1.807) is 24.3 Å². The maximum absolute atomic E-state index is 12.5. The molecule has 0 atom stereocenters. The summed E-state index contributed by atoms with van der Waals surface area (Å²) in [7, 11) is 2.88. The number of hydrogen-bond donors (Lipinski definition) is 1. The number of ketones is 2. The average Bonchev–Trinajstić information content (AvgIpc) is 2.66. The van der Waals surface area contributed by atoms with Crippen LogP contribution in [0.5, 0.6) is 23.5 Å². The molecule has 1 fully saturated rings. The van der Waals surface area contributed by atoms with Crippen molar-refractivity contribution >= 4 is 17.3 Å². The first-order chi connectivity index (χ1) is 13.7. The topological polar surface area (TPSA) is 108 Å². The highest BCUT2D eigenvalue weighted by Crippen LogP contribution is 2.38. The summed E-state index contributed by atoms with van der Waals surface area (Å²) in [6.45, 7) is 3.70. The Labute approximate surface area is 168 Å². The number of aromatic nitrogens is 2. The van der Waals surface area contributed by atoms with Gasteiger partial charge in [-0.3, -0.25) is 9.59 Å². The van der Waals surface area contributed by atoms with Crippen LogP contribution in [0.4, 0.5) is 0 Å². The summed E-state index contributed by atoms with van der Waals surface area (Å²) in [5, 5.41) is 10.8. The van der Waals surface area contributed by atoms with Crippen LogP contribution in [0.2, 0.25) is 0 Å². The minimum absolute atomic E-state index is 0.0751. The van der Waals surface area contributed by atoms with Crippen molar-refractivity contribution in [2.24, 2.45) is 5.41 Å². The molecule has 29 heavy (non-hydrogen) atoms. The quantitative estimate of drug-likeness (QED) is 0.463. The molecule has 152 valence electrons. The van der Waals surface area contributed by atoms with Crippen LogP contribution in [0.3, 0.4) is 0 Å². The number of aliphatic hydroxyl groups excluding tert-OH is 1. The largest absolute Gasteiger partial charge is 0.506 e. The molecule has 1 saturated carbocycles. The van der Waals surface area contributed by atoms with Crippen molar-refractivity contribution in [3.05, 3.63) is 41.5 Å². The number of hydrogen-bond acceptors (Lipinski definition) is 8. The van der Waals surface area contributed by atoms with E-state index in [2.05, 4.69) is 9.97 Å². The number of carbonyl (C=O) groups is 2. The lowest BCUT2D eigenvalue weighted by atomic mass is 9.73. The highest BCUT2D eigenvalue weighted by molar-refractivity contribution is 6.26. The van der Waals surface area contributed by atoms with Gasteiger partial charge in [0.1, 0.15) is 17.1 Å². The van der Waals surface area contributed by atoms with Gasteiger partial charge in [0.25, 0.3) is 0 Å². The molecule has 1 heterocycles. The fraction of sp³-hybridized carbons (Fsp3) is 0.333. The molecule has 1 N–H and O–H groups in total. The number of aliphatic hydroxyl groups is 1. The van der Waals surface area contributed by atoms with Crippen molar-refractivity contribution < 1.29 is 28.9 Å². The molecule has 0 unspecified atom stereocenters. The molecule has 0 amide bonds. The first-order valence-corrected chi connectivity index (χ1v) is 8.98. The Balaban J connectivity index is 2.02. The number of ether oxygens (including phenoxy) is 3. The van der Waals surface area contributed by atoms with Gasteiger partial charge in [0.05, 0.1) is 25.8 Å². The molecule has 8 nitrogen and oxygen atoms in total. The van der Waals surface area contributed by atoms with Crippen LogP contribution in [-0.4, -0.2) is 40.9 Å². The third-order valence-corrected chi connectivity index (χ3v) is 4.49. The number of rotatable bonds is 5. The highest BCUT2D eigenvalue weighted by Gasteiger charge is 2.38. The number of Topliss-reactive ketones (excluding diaryl/α,β-unsaturated/α-hetero) is 2. The van der Waals surface area contributed by atoms with Crippen LogP contribution in [0.1, 0.15) is 32.3 Å². The van der Waals surface area contributed by atoms with E-state index in [0.29, 0.717) is 0 Å². The zero-order chi connectivity index (χ0) is 21.2. The van der Waals surface area contributed by atoms with E-state index < -0.39 is 22.7 Å². The summed E-state index contributed by atoms with van der Waals surface area (Å²) >= 11 is 0. The summed E-state index contributed by atoms with van der Waals surface area (Å²) in [6, 6.07) is 7.88. The smallest absolute Gasteiger partial charge is 0.328 e. The molecule has 0 spiro atoms. The minimum Gasteiger partial charge on any atom is -0.506 e. The molecule has 8 heteroatoms. The van der Waals surface area contributed by atoms with Crippen molar-refractivity contribution in [1.29, 1.82) is 0 Å². The van der Waals surface area contributed by atoms with Gasteiger partial charge in [-0.25, -0.2) is 0 Å². The van der Waals surface area contributed by atoms with E-state index in [4.69, 9.17) is 14.2 Å². The lowest BCUT2D eigenvalue weighted by Gasteiger charge is -2.28. The summed E-state index contributed by atoms with van der Waals surface area (Å²) in [5.74, 6) is -0.562. The molecule has 1 aromatic heterocycles. The number of para-hydroxylation sites is 1. The summed E-state index contributed by atoms with van der Waals surface area (Å²) in [4.78, 5) is 33.2. The van der Waals surface area contributed by atoms with Crippen LogP contribution < -0.4 is 14.2 Å². The van der Waals surface area contributed by atoms with Crippen molar-refractivity contribution in [2.45, 2.75) is 26.7 Å². The van der Waals surface area contributed by atoms with E-state index in [-0.39, 0.29) is 47.5 Å². The normalized spacial score (nSPS) is 15.8. The summed E-state index contributed by atoms with van der Waals surface area (Å²) in [5.41, 5.74) is -0.447. The average molecular weight is 398 g/mol. The summed E-state index contributed by atoms with van der Waals surface area (Å²) in [6.07, 6.45) is 0.356. The molecule has 3 rings (SSSR count). The minimum atomic E-state index is -0.432. The first kappa shape index (κ1) is 20.3. The standard InChI is InChI=1S/C21H22N2O6/c1-21(2)10-13(24)18(14(25)11-21)19(26)12-7-5-6-8-15(12)29-20-22-16(27-3)9-17(23-20)28-4/h5-9,26H,10-11H2,1-4H3. The Hall–Kier alpha value is -3.42. The van der Waals surface area contributed by atoms with E-state index in [1.807, 2.05) is 13.8 Å². The number of nitrogens with zero attached hydrogens (tertiary/aromatic N) is 2. The van der Waals surface area contributed by atoms with Crippen molar-refractivity contribution in [3.8, 4) is 23.5 Å². The molecule has 2 aromatic rings. The monoisotopic (exact) mass is 398 g/mol. The highest BCUT2D eigenvalue weighted by atomic mass is 16.5. The third kappa shape index (κ3) is 4.37. The van der Waals surface area contributed by atoms with E-state index in [1.165, 1.54) is 20.3 Å². The third-order valence-electron chi connectivity index (χ3n) is 4.49. The van der Waals surface area contributed by atoms with Crippen LogP contribution in [0, 0.1) is 5.41 Å². The number of carbonyl (C=O) groups excluding carboxylic acids is 2. The first-order valence-electron chi connectivity index (χ1n) is 8.98. The SMILES string of the molecule is COc1cc(OC)nc(Oc2ccccc2C(O)=C2C(=O)CC(C)(C)CC2=O)n1. The number of allylic oxidation sites excluding steroid dienone is 1. The van der Waals surface area contributed by atoms with Gasteiger partial charge in [-0.15, -0.1) is 0 Å². The van der Waals surface area contributed by atoms with Gasteiger partial charge in [-0.05, 0) is 17.5 Å². The lowest BCUT2D eigenvalue weighted by molar-refractivity contribution is -0.127. The molecular weight excluding hydrogens is 376 g/mol. The van der Waals surface area contributed by atoms with E-state index >= 15 is 0 Å². The second kappa shape index (κ2) is 7.90. The van der Waals surface area contributed by atoms with Gasteiger partial charge < -0.3 is 19.3 Å². The number of methoxy groups -OCH3 is 2. The Morgan fingerprint density at radius 2 is 1.55 bits per heavy atom. The van der Waals surface area contributed by atoms with Crippen molar-refractivity contribution in [2.75, 3.05) is 14.2 Å². The molecular formula is C21H22N2O6. The lowest BCUT2D eigenvalue weighted by Crippen LogP contribution is -2.32. The second-order valence-corrected chi connectivity index (χ2v) is 7.42. The fourth-order valence-electron chi connectivity index (χ4n) is 3.15. The second-order valence-electron chi connectivity index (χ2n) is 7.42. The van der Waals surface area contributed by atoms with Crippen molar-refractivity contribution in [1.82, 2.24) is 9.97 Å². The van der Waals surface area contributed by atoms with Gasteiger partial charge in [0, 0.05) is 12.8 Å². The molecule has 0 aliphatic heterocycles. The predicted octanol–water partition coefficient (Wildman–Crippen LogP) is 3.51. The molecule has 0 bridgehead atoms. The van der Waals surface area contributed by atoms with E-state index in [9.17, 15) is 14.7 Å². The number of benzene rings is 1. The Bertz CT molecular complexity index is 952. The summed E-state index contributed by atoms with van der Waals surface area (Å²) < 4.78 is 15.9. The van der Waals surface area contributed by atoms with Crippen LogP contribution in [0.15, 0.2) is 35.9 Å². The molecule has 1 aliphatic carbocycles. The van der Waals surface area contributed by atoms with E-state index in [0.717, 1.165) is 0 Å². The molecule has 0 saturated heterocycles. The molecule has 1 aliphatic rings. The predicted molar refractivity (Wildman–Crippen MR) is 104 cm³/mol. The molecule has 0 radical (unpaired) electrons. The Morgan fingerprint density at radius 1 is 1.00 bits per heavy atom. The van der Waals surface area contributed by atoms with Gasteiger partial charge in [0.2, 0.25) is 11.8 Å². The molecule has 1 aromatic carbocycles. The zero-order valence-corrected chi connectivity index (χ0v) is 16.7.